The summed E-state index contributed by atoms with van der Waals surface area (Å²) < 4.78 is 25.0. The third-order valence-electron chi connectivity index (χ3n) is 1.92. The Balaban J connectivity index is 2.70. The minimum absolute atomic E-state index is 0.00829. The van der Waals surface area contributed by atoms with Crippen LogP contribution in [0.3, 0.4) is 0 Å². The molecule has 0 aromatic heterocycles. The molecular formula is C8H7N4O2S. The van der Waals surface area contributed by atoms with Crippen molar-refractivity contribution in [3.63, 3.8) is 0 Å². The summed E-state index contributed by atoms with van der Waals surface area (Å²) in [7, 11) is -3.61. The summed E-state index contributed by atoms with van der Waals surface area (Å²) in [5.74, 6) is -0.188. The lowest BCUT2D eigenvalue weighted by Crippen LogP contribution is -2.25. The van der Waals surface area contributed by atoms with Gasteiger partial charge in [0.2, 0.25) is 0 Å². The highest BCUT2D eigenvalue weighted by atomic mass is 32.2. The van der Waals surface area contributed by atoms with Crippen molar-refractivity contribution in [3.8, 4) is 0 Å². The summed E-state index contributed by atoms with van der Waals surface area (Å²) in [6, 6.07) is 4.33. The van der Waals surface area contributed by atoms with Crippen molar-refractivity contribution in [3.05, 3.63) is 23.8 Å². The minimum Gasteiger partial charge on any atom is -0.384 e. The van der Waals surface area contributed by atoms with Crippen molar-refractivity contribution < 1.29 is 8.42 Å². The predicted octanol–water partition coefficient (Wildman–Crippen LogP) is -0.201. The van der Waals surface area contributed by atoms with Crippen molar-refractivity contribution in [2.24, 2.45) is 10.7 Å². The fraction of sp³-hybridized carbons (Fsp3) is 0. The zero-order valence-electron chi connectivity index (χ0n) is 7.48. The van der Waals surface area contributed by atoms with Crippen LogP contribution in [0.15, 0.2) is 28.1 Å². The SMILES string of the molecule is N=C(N)c1ccc2c(c1)S(=O)(=O)N[C]=N2. The zero-order valence-corrected chi connectivity index (χ0v) is 8.30. The van der Waals surface area contributed by atoms with Gasteiger partial charge in [0.25, 0.3) is 10.0 Å². The lowest BCUT2D eigenvalue weighted by atomic mass is 10.2. The highest BCUT2D eigenvalue weighted by Gasteiger charge is 2.21. The number of nitrogens with two attached hydrogens (primary N) is 1. The van der Waals surface area contributed by atoms with Gasteiger partial charge < -0.3 is 5.73 Å². The van der Waals surface area contributed by atoms with E-state index in [2.05, 4.69) is 11.3 Å². The number of aliphatic imine (C=N–C) groups is 1. The van der Waals surface area contributed by atoms with Gasteiger partial charge >= 0.3 is 0 Å². The summed E-state index contributed by atoms with van der Waals surface area (Å²) in [6.07, 6.45) is 2.18. The van der Waals surface area contributed by atoms with E-state index in [1.807, 2.05) is 4.72 Å². The number of nitrogens with one attached hydrogen (secondary N) is 2. The highest BCUT2D eigenvalue weighted by Crippen LogP contribution is 2.26. The van der Waals surface area contributed by atoms with Crippen LogP contribution in [-0.4, -0.2) is 20.6 Å². The fourth-order valence-corrected chi connectivity index (χ4v) is 2.13. The average Bonchev–Trinajstić information content (AvgIpc) is 2.17. The number of amidine groups is 1. The summed E-state index contributed by atoms with van der Waals surface area (Å²) in [5.41, 5.74) is 5.89. The van der Waals surface area contributed by atoms with Gasteiger partial charge in [0.05, 0.1) is 5.69 Å². The van der Waals surface area contributed by atoms with Crippen LogP contribution >= 0.6 is 0 Å². The molecule has 1 aromatic rings. The molecule has 0 spiro atoms. The average molecular weight is 223 g/mol. The maximum Gasteiger partial charge on any atom is 0.265 e. The molecule has 1 heterocycles. The lowest BCUT2D eigenvalue weighted by Gasteiger charge is -2.11. The number of rotatable bonds is 1. The van der Waals surface area contributed by atoms with Gasteiger partial charge in [0.1, 0.15) is 10.7 Å². The third kappa shape index (κ3) is 1.57. The summed E-state index contributed by atoms with van der Waals surface area (Å²) in [4.78, 5) is 3.75. The molecule has 4 N–H and O–H groups in total. The maximum atomic E-state index is 11.5. The third-order valence-corrected chi connectivity index (χ3v) is 3.18. The Morgan fingerprint density at radius 1 is 1.53 bits per heavy atom. The normalized spacial score (nSPS) is 16.5. The molecule has 6 nitrogen and oxygen atoms in total. The molecule has 1 aliphatic heterocycles. The van der Waals surface area contributed by atoms with E-state index >= 15 is 0 Å². The Morgan fingerprint density at radius 3 is 2.93 bits per heavy atom. The molecular weight excluding hydrogens is 216 g/mol. The molecule has 1 aliphatic rings. The Bertz CT molecular complexity index is 562. The zero-order chi connectivity index (χ0) is 11.1. The molecule has 0 saturated carbocycles. The first-order chi connectivity index (χ1) is 7.00. The Labute approximate surface area is 86.4 Å². The quantitative estimate of drug-likeness (QED) is 0.453. The number of hydrogen-bond acceptors (Lipinski definition) is 4. The Morgan fingerprint density at radius 2 is 2.27 bits per heavy atom. The van der Waals surface area contributed by atoms with E-state index in [9.17, 15) is 8.42 Å². The van der Waals surface area contributed by atoms with Crippen molar-refractivity contribution in [1.29, 1.82) is 5.41 Å². The van der Waals surface area contributed by atoms with Gasteiger partial charge in [-0.25, -0.2) is 13.4 Å². The maximum absolute atomic E-state index is 11.5. The Kier molecular flexibility index (Phi) is 1.97. The molecule has 0 aliphatic carbocycles. The molecule has 1 radical (unpaired) electrons. The number of sulfonamides is 1. The van der Waals surface area contributed by atoms with E-state index in [1.54, 1.807) is 0 Å². The topological polar surface area (TPSA) is 108 Å². The number of nitrogen functional groups attached to an aromatic ring is 1. The molecule has 0 fully saturated rings. The standard InChI is InChI=1S/C8H7N4O2S/c9-8(10)5-1-2-6-7(3-5)15(13,14)12-4-11-6/h1-3H,(H3,9,10)(H,11,12). The number of benzene rings is 1. The van der Waals surface area contributed by atoms with Crippen LogP contribution in [0.2, 0.25) is 0 Å². The highest BCUT2D eigenvalue weighted by molar-refractivity contribution is 7.90. The fourth-order valence-electron chi connectivity index (χ4n) is 1.19. The molecule has 1 aromatic carbocycles. The molecule has 77 valence electrons. The van der Waals surface area contributed by atoms with E-state index in [4.69, 9.17) is 11.1 Å². The lowest BCUT2D eigenvalue weighted by molar-refractivity contribution is 0.592. The monoisotopic (exact) mass is 223 g/mol. The molecule has 0 unspecified atom stereocenters. The van der Waals surface area contributed by atoms with E-state index in [0.29, 0.717) is 11.3 Å². The summed E-state index contributed by atoms with van der Waals surface area (Å²) >= 11 is 0. The second kappa shape index (κ2) is 3.06. The van der Waals surface area contributed by atoms with Crippen molar-refractivity contribution in [2.45, 2.75) is 4.90 Å². The summed E-state index contributed by atoms with van der Waals surface area (Å²) in [6.45, 7) is 0. The van der Waals surface area contributed by atoms with Crippen LogP contribution < -0.4 is 10.5 Å². The van der Waals surface area contributed by atoms with Crippen LogP contribution in [0.1, 0.15) is 5.56 Å². The first-order valence-corrected chi connectivity index (χ1v) is 5.45. The van der Waals surface area contributed by atoms with Gasteiger partial charge in [-0.15, -0.1) is 0 Å². The number of hydrogen-bond donors (Lipinski definition) is 3. The predicted molar refractivity (Wildman–Crippen MR) is 54.9 cm³/mol. The second-order valence-corrected chi connectivity index (χ2v) is 4.58. The molecule has 0 saturated heterocycles. The number of nitrogens with zero attached hydrogens (tertiary/aromatic N) is 1. The summed E-state index contributed by atoms with van der Waals surface area (Å²) in [5, 5.41) is 7.20. The van der Waals surface area contributed by atoms with E-state index in [1.165, 1.54) is 18.2 Å². The van der Waals surface area contributed by atoms with Crippen molar-refractivity contribution in [2.75, 3.05) is 0 Å². The van der Waals surface area contributed by atoms with Crippen LogP contribution in [-0.2, 0) is 10.0 Å². The van der Waals surface area contributed by atoms with Gasteiger partial charge in [-0.1, -0.05) is 0 Å². The minimum atomic E-state index is -3.61. The molecule has 15 heavy (non-hydrogen) atoms. The van der Waals surface area contributed by atoms with Crippen LogP contribution in [0.5, 0.6) is 0 Å². The molecule has 0 atom stereocenters. The van der Waals surface area contributed by atoms with Gasteiger partial charge in [-0.05, 0) is 18.2 Å². The first-order valence-electron chi connectivity index (χ1n) is 3.97. The Hall–Kier alpha value is -1.89. The van der Waals surface area contributed by atoms with Crippen molar-refractivity contribution in [1.82, 2.24) is 4.72 Å². The van der Waals surface area contributed by atoms with E-state index in [-0.39, 0.29) is 10.7 Å². The molecule has 2 rings (SSSR count). The van der Waals surface area contributed by atoms with Crippen LogP contribution in [0, 0.1) is 5.41 Å². The van der Waals surface area contributed by atoms with E-state index in [0.717, 1.165) is 0 Å². The molecule has 0 amide bonds. The molecule has 7 heteroatoms. The van der Waals surface area contributed by atoms with Crippen LogP contribution in [0.25, 0.3) is 0 Å². The number of fused-ring (bicyclic) bond motifs is 1. The first kappa shape index (κ1) is 9.66. The van der Waals surface area contributed by atoms with Gasteiger partial charge in [0, 0.05) is 5.56 Å². The van der Waals surface area contributed by atoms with Gasteiger partial charge in [-0.2, -0.15) is 0 Å². The van der Waals surface area contributed by atoms with Gasteiger partial charge in [0.15, 0.2) is 6.34 Å². The smallest absolute Gasteiger partial charge is 0.265 e. The van der Waals surface area contributed by atoms with Gasteiger partial charge in [-0.3, -0.25) is 10.1 Å². The largest absolute Gasteiger partial charge is 0.384 e. The second-order valence-electron chi connectivity index (χ2n) is 2.93. The van der Waals surface area contributed by atoms with Crippen LogP contribution in [0.4, 0.5) is 5.69 Å². The van der Waals surface area contributed by atoms with E-state index < -0.39 is 10.0 Å². The van der Waals surface area contributed by atoms with Crippen molar-refractivity contribution >= 4 is 27.9 Å². The molecule has 0 bridgehead atoms.